The van der Waals surface area contributed by atoms with E-state index >= 15 is 0 Å². The molecule has 0 amide bonds. The quantitative estimate of drug-likeness (QED) is 0.302. The molecule has 1 aliphatic carbocycles. The van der Waals surface area contributed by atoms with Gasteiger partial charge in [0.05, 0.1) is 34.2 Å². The molecule has 2 atom stereocenters. The zero-order valence-electron chi connectivity index (χ0n) is 20.1. The standard InChI is InChI=1S/C28H25FN4O3S/c1-18(32-37(34,35)25-11-12-25)28(21-14-19-4-2-3-5-26(19)30-16-21)36-24-10-13-27-20(15-24)17-31-33(27)23-8-6-22(29)7-9-23/h2-10,13-18,25,28,32H,11-12H2,1H3. The molecule has 0 spiro atoms. The lowest BCUT2D eigenvalue weighted by Gasteiger charge is -2.26. The summed E-state index contributed by atoms with van der Waals surface area (Å²) in [5.41, 5.74) is 3.20. The number of ether oxygens (including phenoxy) is 1. The Morgan fingerprint density at radius 2 is 1.78 bits per heavy atom. The molecule has 0 aliphatic heterocycles. The summed E-state index contributed by atoms with van der Waals surface area (Å²) in [5, 5.41) is 5.90. The fraction of sp³-hybridized carbons (Fsp3) is 0.214. The Balaban J connectivity index is 1.34. The minimum atomic E-state index is -3.43. The largest absolute Gasteiger partial charge is 0.484 e. The number of hydrogen-bond acceptors (Lipinski definition) is 5. The van der Waals surface area contributed by atoms with Gasteiger partial charge in [-0.3, -0.25) is 4.98 Å². The summed E-state index contributed by atoms with van der Waals surface area (Å²) in [5.74, 6) is 0.262. The van der Waals surface area contributed by atoms with Crippen LogP contribution in [-0.4, -0.2) is 34.5 Å². The third kappa shape index (κ3) is 4.80. The summed E-state index contributed by atoms with van der Waals surface area (Å²) < 4.78 is 49.8. The van der Waals surface area contributed by atoms with Gasteiger partial charge in [-0.2, -0.15) is 5.10 Å². The summed E-state index contributed by atoms with van der Waals surface area (Å²) in [6, 6.07) is 20.9. The first kappa shape index (κ1) is 23.6. The SMILES string of the molecule is CC(NS(=O)(=O)C1CC1)C(Oc1ccc2c(cnn2-c2ccc(F)cc2)c1)c1cnc2ccccc2c1. The Bertz CT molecular complexity index is 1700. The van der Waals surface area contributed by atoms with Crippen molar-refractivity contribution < 1.29 is 17.5 Å². The second-order valence-corrected chi connectivity index (χ2v) is 11.4. The fourth-order valence-electron chi connectivity index (χ4n) is 4.52. The summed E-state index contributed by atoms with van der Waals surface area (Å²) in [6.45, 7) is 1.81. The minimum Gasteiger partial charge on any atom is -0.484 e. The topological polar surface area (TPSA) is 86.1 Å². The summed E-state index contributed by atoms with van der Waals surface area (Å²) >= 11 is 0. The van der Waals surface area contributed by atoms with Crippen LogP contribution in [-0.2, 0) is 10.0 Å². The Morgan fingerprint density at radius 1 is 1.00 bits per heavy atom. The van der Waals surface area contributed by atoms with Crippen LogP contribution in [0.4, 0.5) is 4.39 Å². The molecule has 1 N–H and O–H groups in total. The van der Waals surface area contributed by atoms with Gasteiger partial charge in [0.2, 0.25) is 10.0 Å². The smallest absolute Gasteiger partial charge is 0.214 e. The van der Waals surface area contributed by atoms with Gasteiger partial charge in [-0.05, 0) is 74.4 Å². The number of pyridine rings is 1. The first-order chi connectivity index (χ1) is 17.9. The predicted octanol–water partition coefficient (Wildman–Crippen LogP) is 5.30. The van der Waals surface area contributed by atoms with E-state index < -0.39 is 22.2 Å². The molecule has 1 aliphatic rings. The maximum atomic E-state index is 13.4. The molecule has 9 heteroatoms. The Morgan fingerprint density at radius 3 is 2.57 bits per heavy atom. The second-order valence-electron chi connectivity index (χ2n) is 9.40. The van der Waals surface area contributed by atoms with Crippen LogP contribution >= 0.6 is 0 Å². The molecule has 188 valence electrons. The maximum absolute atomic E-state index is 13.4. The molecule has 0 saturated heterocycles. The molecular formula is C28H25FN4O3S. The number of nitrogens with one attached hydrogen (secondary N) is 1. The number of sulfonamides is 1. The van der Waals surface area contributed by atoms with Crippen molar-refractivity contribution in [2.24, 2.45) is 0 Å². The lowest BCUT2D eigenvalue weighted by molar-refractivity contribution is 0.173. The van der Waals surface area contributed by atoms with Crippen molar-refractivity contribution in [2.45, 2.75) is 37.2 Å². The van der Waals surface area contributed by atoms with Crippen LogP contribution in [0.2, 0.25) is 0 Å². The van der Waals surface area contributed by atoms with E-state index in [1.807, 2.05) is 55.5 Å². The zero-order chi connectivity index (χ0) is 25.6. The Hall–Kier alpha value is -3.82. The van der Waals surface area contributed by atoms with Crippen molar-refractivity contribution in [3.8, 4) is 11.4 Å². The molecule has 3 aromatic carbocycles. The van der Waals surface area contributed by atoms with Gasteiger partial charge in [-0.25, -0.2) is 22.2 Å². The summed E-state index contributed by atoms with van der Waals surface area (Å²) in [7, 11) is -3.43. The summed E-state index contributed by atoms with van der Waals surface area (Å²) in [4.78, 5) is 4.57. The molecule has 1 fully saturated rings. The Labute approximate surface area is 214 Å². The highest BCUT2D eigenvalue weighted by Gasteiger charge is 2.38. The molecule has 1 saturated carbocycles. The number of hydrogen-bond donors (Lipinski definition) is 1. The molecular weight excluding hydrogens is 491 g/mol. The van der Waals surface area contributed by atoms with Gasteiger partial charge >= 0.3 is 0 Å². The van der Waals surface area contributed by atoms with Gasteiger partial charge in [0.1, 0.15) is 17.7 Å². The van der Waals surface area contributed by atoms with Gasteiger partial charge < -0.3 is 4.74 Å². The van der Waals surface area contributed by atoms with Gasteiger partial charge in [-0.15, -0.1) is 0 Å². The second kappa shape index (κ2) is 9.24. The highest BCUT2D eigenvalue weighted by Crippen LogP contribution is 2.32. The minimum absolute atomic E-state index is 0.309. The van der Waals surface area contributed by atoms with Crippen molar-refractivity contribution in [3.63, 3.8) is 0 Å². The molecule has 6 rings (SSSR count). The van der Waals surface area contributed by atoms with Gasteiger partial charge in [0.25, 0.3) is 0 Å². The number of fused-ring (bicyclic) bond motifs is 2. The maximum Gasteiger partial charge on any atom is 0.214 e. The molecule has 2 unspecified atom stereocenters. The average molecular weight is 517 g/mol. The van der Waals surface area contributed by atoms with E-state index in [1.165, 1.54) is 12.1 Å². The van der Waals surface area contributed by atoms with Crippen LogP contribution in [0.15, 0.2) is 85.2 Å². The Kier molecular flexibility index (Phi) is 5.89. The van der Waals surface area contributed by atoms with E-state index in [9.17, 15) is 12.8 Å². The molecule has 5 aromatic rings. The van der Waals surface area contributed by atoms with Crippen LogP contribution in [0.5, 0.6) is 5.75 Å². The third-order valence-corrected chi connectivity index (χ3v) is 8.63. The molecule has 7 nitrogen and oxygen atoms in total. The highest BCUT2D eigenvalue weighted by atomic mass is 32.2. The van der Waals surface area contributed by atoms with Crippen LogP contribution in [0.3, 0.4) is 0 Å². The van der Waals surface area contributed by atoms with Crippen molar-refractivity contribution in [3.05, 3.63) is 96.6 Å². The van der Waals surface area contributed by atoms with Crippen molar-refractivity contribution in [1.29, 1.82) is 0 Å². The van der Waals surface area contributed by atoms with Crippen LogP contribution in [0.1, 0.15) is 31.4 Å². The predicted molar refractivity (Wildman–Crippen MR) is 141 cm³/mol. The third-order valence-electron chi connectivity index (χ3n) is 6.58. The van der Waals surface area contributed by atoms with E-state index in [1.54, 1.807) is 29.2 Å². The summed E-state index contributed by atoms with van der Waals surface area (Å²) in [6.07, 6.45) is 4.20. The zero-order valence-corrected chi connectivity index (χ0v) is 20.9. The van der Waals surface area contributed by atoms with Crippen molar-refractivity contribution in [2.75, 3.05) is 0 Å². The monoisotopic (exact) mass is 516 g/mol. The van der Waals surface area contributed by atoms with Gasteiger partial charge in [0, 0.05) is 22.5 Å². The normalized spacial score (nSPS) is 15.6. The lowest BCUT2D eigenvalue weighted by Crippen LogP contribution is -2.40. The van der Waals surface area contributed by atoms with E-state index in [-0.39, 0.29) is 11.1 Å². The van der Waals surface area contributed by atoms with Gasteiger partial charge in [-0.1, -0.05) is 18.2 Å². The first-order valence-corrected chi connectivity index (χ1v) is 13.7. The number of rotatable bonds is 8. The molecule has 2 aromatic heterocycles. The van der Waals surface area contributed by atoms with Gasteiger partial charge in [0.15, 0.2) is 0 Å². The number of nitrogens with zero attached hydrogens (tertiary/aromatic N) is 3. The lowest BCUT2D eigenvalue weighted by atomic mass is 10.0. The van der Waals surface area contributed by atoms with E-state index in [2.05, 4.69) is 14.8 Å². The van der Waals surface area contributed by atoms with Crippen molar-refractivity contribution in [1.82, 2.24) is 19.5 Å². The van der Waals surface area contributed by atoms with E-state index in [0.29, 0.717) is 18.6 Å². The number of benzene rings is 3. The molecule has 2 heterocycles. The van der Waals surface area contributed by atoms with Crippen LogP contribution in [0, 0.1) is 5.82 Å². The van der Waals surface area contributed by atoms with Crippen molar-refractivity contribution >= 4 is 31.8 Å². The average Bonchev–Trinajstić information content (AvgIpc) is 3.68. The fourth-order valence-corrected chi connectivity index (χ4v) is 6.11. The number of aromatic nitrogens is 3. The van der Waals surface area contributed by atoms with E-state index in [0.717, 1.165) is 33.1 Å². The molecule has 37 heavy (non-hydrogen) atoms. The number of halogens is 1. The highest BCUT2D eigenvalue weighted by molar-refractivity contribution is 7.90. The molecule has 0 radical (unpaired) electrons. The van der Waals surface area contributed by atoms with Crippen LogP contribution < -0.4 is 9.46 Å². The van der Waals surface area contributed by atoms with Crippen LogP contribution in [0.25, 0.3) is 27.5 Å². The number of para-hydroxylation sites is 1. The first-order valence-electron chi connectivity index (χ1n) is 12.1. The molecule has 0 bridgehead atoms. The van der Waals surface area contributed by atoms with E-state index in [4.69, 9.17) is 4.74 Å².